The fraction of sp³-hybridized carbons (Fsp3) is 0.450. The van der Waals surface area contributed by atoms with Gasteiger partial charge in [-0.05, 0) is 95.4 Å². The summed E-state index contributed by atoms with van der Waals surface area (Å²) >= 11 is 2.25. The highest BCUT2D eigenvalue weighted by Gasteiger charge is 2.27. The molecule has 0 N–H and O–H groups in total. The first kappa shape index (κ1) is 17.6. The third-order valence-electron chi connectivity index (χ3n) is 5.19. The second-order valence-corrected chi connectivity index (χ2v) is 7.93. The first-order valence-corrected chi connectivity index (χ1v) is 9.59. The lowest BCUT2D eigenvalue weighted by atomic mass is 9.88. The van der Waals surface area contributed by atoms with E-state index in [9.17, 15) is 4.39 Å². The lowest BCUT2D eigenvalue weighted by molar-refractivity contribution is 0.384. The van der Waals surface area contributed by atoms with Gasteiger partial charge in [-0.2, -0.15) is 0 Å². The second kappa shape index (κ2) is 7.81. The van der Waals surface area contributed by atoms with Gasteiger partial charge in [0.1, 0.15) is 3.70 Å². The molecule has 1 heterocycles. The van der Waals surface area contributed by atoms with Crippen LogP contribution in [0.5, 0.6) is 5.75 Å². The number of methoxy groups -OCH3 is 1. The molecule has 1 aliphatic carbocycles. The molecule has 0 radical (unpaired) electrons. The van der Waals surface area contributed by atoms with Gasteiger partial charge >= 0.3 is 0 Å². The molecule has 128 valence electrons. The van der Waals surface area contributed by atoms with Crippen molar-refractivity contribution in [1.82, 2.24) is 4.98 Å². The van der Waals surface area contributed by atoms with Crippen molar-refractivity contribution in [2.75, 3.05) is 7.11 Å². The average Bonchev–Trinajstić information content (AvgIpc) is 3.04. The third-order valence-corrected chi connectivity index (χ3v) is 5.83. The Kier molecular flexibility index (Phi) is 5.74. The van der Waals surface area contributed by atoms with Gasteiger partial charge in [0, 0.05) is 6.20 Å². The Morgan fingerprint density at radius 2 is 2.12 bits per heavy atom. The summed E-state index contributed by atoms with van der Waals surface area (Å²) in [6, 6.07) is 9.56. The lowest BCUT2D eigenvalue weighted by Crippen LogP contribution is -2.03. The predicted molar refractivity (Wildman–Crippen MR) is 103 cm³/mol. The minimum atomic E-state index is -0.291. The van der Waals surface area contributed by atoms with Crippen molar-refractivity contribution in [3.05, 3.63) is 57.2 Å². The van der Waals surface area contributed by atoms with E-state index >= 15 is 0 Å². The number of rotatable bonds is 5. The Morgan fingerprint density at radius 1 is 1.29 bits per heavy atom. The maximum absolute atomic E-state index is 13.6. The van der Waals surface area contributed by atoms with Gasteiger partial charge in [-0.3, -0.25) is 4.98 Å². The average molecular weight is 439 g/mol. The highest BCUT2D eigenvalue weighted by atomic mass is 127. The molecule has 24 heavy (non-hydrogen) atoms. The smallest absolute Gasteiger partial charge is 0.165 e. The summed E-state index contributed by atoms with van der Waals surface area (Å²) in [6.07, 6.45) is 6.91. The van der Waals surface area contributed by atoms with Crippen molar-refractivity contribution in [2.24, 2.45) is 5.92 Å². The topological polar surface area (TPSA) is 22.1 Å². The summed E-state index contributed by atoms with van der Waals surface area (Å²) in [5.74, 6) is 1.82. The molecule has 1 aromatic carbocycles. The Labute approximate surface area is 157 Å². The zero-order valence-corrected chi connectivity index (χ0v) is 16.3. The minimum absolute atomic E-state index is 0.291. The number of hydrogen-bond donors (Lipinski definition) is 0. The van der Waals surface area contributed by atoms with Crippen LogP contribution in [0.3, 0.4) is 0 Å². The molecule has 3 atom stereocenters. The summed E-state index contributed by atoms with van der Waals surface area (Å²) in [6.45, 7) is 2.23. The molecule has 4 heteroatoms. The van der Waals surface area contributed by atoms with Crippen LogP contribution in [0.4, 0.5) is 4.39 Å². The SMILES string of the molecule is COc1cc([C@@H](C)C[C@H]2CC[C@@H](c3ccc(I)nc3)C2)ccc1F. The normalized spacial score (nSPS) is 21.7. The largest absolute Gasteiger partial charge is 0.494 e. The van der Waals surface area contributed by atoms with E-state index in [0.29, 0.717) is 17.6 Å². The summed E-state index contributed by atoms with van der Waals surface area (Å²) in [7, 11) is 1.52. The molecule has 0 spiro atoms. The van der Waals surface area contributed by atoms with Gasteiger partial charge in [-0.1, -0.05) is 19.1 Å². The molecule has 0 bridgehead atoms. The summed E-state index contributed by atoms with van der Waals surface area (Å²) < 4.78 is 19.7. The number of benzene rings is 1. The van der Waals surface area contributed by atoms with Crippen LogP contribution in [-0.2, 0) is 0 Å². The van der Waals surface area contributed by atoms with Gasteiger partial charge in [-0.25, -0.2) is 4.39 Å². The molecule has 2 nitrogen and oxygen atoms in total. The van der Waals surface area contributed by atoms with E-state index < -0.39 is 0 Å². The van der Waals surface area contributed by atoms with E-state index in [1.54, 1.807) is 0 Å². The van der Waals surface area contributed by atoms with E-state index in [1.165, 1.54) is 38.0 Å². The number of ether oxygens (including phenoxy) is 1. The van der Waals surface area contributed by atoms with Crippen LogP contribution in [0.2, 0.25) is 0 Å². The molecular formula is C20H23FINO. The number of hydrogen-bond acceptors (Lipinski definition) is 2. The van der Waals surface area contributed by atoms with E-state index in [2.05, 4.69) is 46.6 Å². The molecule has 0 amide bonds. The fourth-order valence-electron chi connectivity index (χ4n) is 3.84. The van der Waals surface area contributed by atoms with Crippen LogP contribution < -0.4 is 4.74 Å². The number of pyridine rings is 1. The first-order valence-electron chi connectivity index (χ1n) is 8.51. The Balaban J connectivity index is 1.61. The van der Waals surface area contributed by atoms with Gasteiger partial charge in [0.05, 0.1) is 7.11 Å². The van der Waals surface area contributed by atoms with Crippen LogP contribution in [-0.4, -0.2) is 12.1 Å². The van der Waals surface area contributed by atoms with Gasteiger partial charge < -0.3 is 4.74 Å². The lowest BCUT2D eigenvalue weighted by Gasteiger charge is -2.18. The zero-order valence-electron chi connectivity index (χ0n) is 14.1. The zero-order chi connectivity index (χ0) is 17.1. The van der Waals surface area contributed by atoms with Crippen molar-refractivity contribution in [3.63, 3.8) is 0 Å². The molecule has 2 aromatic rings. The monoisotopic (exact) mass is 439 g/mol. The van der Waals surface area contributed by atoms with Crippen molar-refractivity contribution in [2.45, 2.75) is 44.4 Å². The van der Waals surface area contributed by atoms with Gasteiger partial charge in [0.2, 0.25) is 0 Å². The van der Waals surface area contributed by atoms with Crippen LogP contribution in [0.25, 0.3) is 0 Å². The predicted octanol–water partition coefficient (Wildman–Crippen LogP) is 5.91. The van der Waals surface area contributed by atoms with Crippen molar-refractivity contribution < 1.29 is 9.13 Å². The Hall–Kier alpha value is -1.17. The number of halogens is 2. The quantitative estimate of drug-likeness (QED) is 0.427. The van der Waals surface area contributed by atoms with E-state index in [4.69, 9.17) is 4.74 Å². The first-order chi connectivity index (χ1) is 11.6. The van der Waals surface area contributed by atoms with Crippen LogP contribution >= 0.6 is 22.6 Å². The van der Waals surface area contributed by atoms with Crippen molar-refractivity contribution >= 4 is 22.6 Å². The van der Waals surface area contributed by atoms with E-state index in [1.807, 2.05) is 18.3 Å². The standard InChI is InChI=1S/C20H23FINO/c1-13(15-5-7-18(21)19(11-15)24-2)9-14-3-4-16(10-14)17-6-8-20(22)23-12-17/h5-8,11-14,16H,3-4,9-10H2,1-2H3/t13-,14+,16+/m0/s1. The van der Waals surface area contributed by atoms with Gasteiger partial charge in [0.15, 0.2) is 11.6 Å². The Morgan fingerprint density at radius 3 is 2.83 bits per heavy atom. The van der Waals surface area contributed by atoms with Crippen LogP contribution in [0.1, 0.15) is 55.6 Å². The van der Waals surface area contributed by atoms with Crippen molar-refractivity contribution in [3.8, 4) is 5.75 Å². The summed E-state index contributed by atoms with van der Waals surface area (Å²) in [4.78, 5) is 4.42. The highest BCUT2D eigenvalue weighted by molar-refractivity contribution is 14.1. The molecule has 0 saturated heterocycles. The summed E-state index contributed by atoms with van der Waals surface area (Å²) in [5, 5.41) is 0. The van der Waals surface area contributed by atoms with E-state index in [0.717, 1.165) is 21.6 Å². The van der Waals surface area contributed by atoms with Gasteiger partial charge in [-0.15, -0.1) is 0 Å². The molecule has 3 rings (SSSR count). The number of aromatic nitrogens is 1. The molecular weight excluding hydrogens is 416 g/mol. The molecule has 1 saturated carbocycles. The minimum Gasteiger partial charge on any atom is -0.494 e. The third kappa shape index (κ3) is 4.08. The second-order valence-electron chi connectivity index (χ2n) is 6.82. The maximum atomic E-state index is 13.6. The Bertz CT molecular complexity index is 689. The van der Waals surface area contributed by atoms with Crippen LogP contribution in [0.15, 0.2) is 36.5 Å². The highest BCUT2D eigenvalue weighted by Crippen LogP contribution is 2.42. The molecule has 1 aromatic heterocycles. The summed E-state index contributed by atoms with van der Waals surface area (Å²) in [5.41, 5.74) is 2.53. The number of nitrogens with zero attached hydrogens (tertiary/aromatic N) is 1. The van der Waals surface area contributed by atoms with Crippen LogP contribution in [0, 0.1) is 15.4 Å². The van der Waals surface area contributed by atoms with Crippen molar-refractivity contribution in [1.29, 1.82) is 0 Å². The molecule has 1 aliphatic rings. The van der Waals surface area contributed by atoms with Gasteiger partial charge in [0.25, 0.3) is 0 Å². The molecule has 0 aliphatic heterocycles. The maximum Gasteiger partial charge on any atom is 0.165 e. The molecule has 0 unspecified atom stereocenters. The fourth-order valence-corrected chi connectivity index (χ4v) is 4.16. The molecule has 1 fully saturated rings. The van der Waals surface area contributed by atoms with E-state index in [-0.39, 0.29) is 5.82 Å².